The third-order valence-corrected chi connectivity index (χ3v) is 0.671. The van der Waals surface area contributed by atoms with Crippen LogP contribution in [-0.4, -0.2) is 23.1 Å². The number of Topliss-reactive ketones (excluding diaryl/α,β-unsaturated/α-hetero) is 1. The number of ketones is 1. The van der Waals surface area contributed by atoms with Crippen LogP contribution in [0.1, 0.15) is 19.8 Å². The largest absolute Gasteiger partial charge is 0.299 e. The minimum Gasteiger partial charge on any atom is -0.299 e. The Balaban J connectivity index is 0. The van der Waals surface area contributed by atoms with Crippen LogP contribution in [0.5, 0.6) is 0 Å². The number of hydrogen-bond donors (Lipinski definition) is 0. The molecule has 2 nitrogen and oxygen atoms in total. The summed E-state index contributed by atoms with van der Waals surface area (Å²) in [5, 5.41) is 7.90. The van der Waals surface area contributed by atoms with Crippen LogP contribution >= 0.6 is 0 Å². The number of carbonyl (C=O) groups is 1. The van der Waals surface area contributed by atoms with Crippen molar-refractivity contribution in [2.24, 2.45) is 0 Å². The van der Waals surface area contributed by atoms with Crippen LogP contribution in [0.25, 0.3) is 0 Å². The molecule has 0 aliphatic rings. The van der Waals surface area contributed by atoms with Crippen molar-refractivity contribution in [2.75, 3.05) is 0 Å². The van der Waals surface area contributed by atoms with E-state index in [-0.39, 0.29) is 29.6 Å². The van der Waals surface area contributed by atoms with Crippen LogP contribution in [-0.2, 0) is 4.79 Å². The van der Waals surface area contributed by atoms with Gasteiger partial charge >= 0.3 is 0 Å². The second kappa shape index (κ2) is 6.69. The Morgan fingerprint density at radius 3 is 2.38 bits per heavy atom. The van der Waals surface area contributed by atoms with Gasteiger partial charge in [0.25, 0.3) is 0 Å². The van der Waals surface area contributed by atoms with Crippen LogP contribution in [0.3, 0.4) is 0 Å². The molecule has 0 N–H and O–H groups in total. The fourth-order valence-corrected chi connectivity index (χ4v) is 0.213. The zero-order valence-electron chi connectivity index (χ0n) is 4.27. The third kappa shape index (κ3) is 5.69. The minimum atomic E-state index is 0. The van der Waals surface area contributed by atoms with Gasteiger partial charge in [0.05, 0.1) is 12.5 Å². The lowest BCUT2D eigenvalue weighted by molar-refractivity contribution is -0.117. The van der Waals surface area contributed by atoms with E-state index in [0.29, 0.717) is 6.42 Å². The predicted molar refractivity (Wildman–Crippen MR) is 35.5 cm³/mol. The lowest BCUT2D eigenvalue weighted by atomic mass is 10.2. The summed E-state index contributed by atoms with van der Waals surface area (Å²) in [6, 6.07) is 1.77. The fraction of sp³-hybridized carbons (Fsp3) is 0.600. The van der Waals surface area contributed by atoms with Gasteiger partial charge in [-0.05, 0) is 0 Å². The van der Waals surface area contributed by atoms with Crippen molar-refractivity contribution in [3.63, 3.8) is 0 Å². The van der Waals surface area contributed by atoms with Gasteiger partial charge in [-0.1, -0.05) is 6.92 Å². The highest BCUT2D eigenvalue weighted by molar-refractivity contribution is 5.79. The molecule has 0 radical (unpaired) electrons. The molecule has 0 amide bonds. The highest BCUT2D eigenvalue weighted by Crippen LogP contribution is 1.83. The molecule has 3 heteroatoms. The number of rotatable bonds is 2. The van der Waals surface area contributed by atoms with Crippen LogP contribution < -0.4 is 0 Å². The molecule has 44 valence electrons. The first-order valence-electron chi connectivity index (χ1n) is 2.20. The summed E-state index contributed by atoms with van der Waals surface area (Å²) in [4.78, 5) is 10.2. The molecule has 0 aromatic rings. The summed E-state index contributed by atoms with van der Waals surface area (Å²) in [5.41, 5.74) is 0. The van der Waals surface area contributed by atoms with E-state index in [1.165, 1.54) is 0 Å². The topological polar surface area (TPSA) is 40.9 Å². The van der Waals surface area contributed by atoms with E-state index in [2.05, 4.69) is 0 Å². The van der Waals surface area contributed by atoms with E-state index in [0.717, 1.165) is 0 Å². The minimum absolute atomic E-state index is 0. The van der Waals surface area contributed by atoms with Crippen molar-refractivity contribution in [1.29, 1.82) is 5.26 Å². The normalized spacial score (nSPS) is 6.50. The van der Waals surface area contributed by atoms with E-state index in [1.807, 2.05) is 0 Å². The summed E-state index contributed by atoms with van der Waals surface area (Å²) in [7, 11) is 0. The van der Waals surface area contributed by atoms with Gasteiger partial charge in [-0.25, -0.2) is 0 Å². The Bertz CT molecular complexity index is 105. The van der Waals surface area contributed by atoms with Crippen molar-refractivity contribution >= 4 is 23.1 Å². The maximum Gasteiger partial charge on any atom is 0.187 e. The van der Waals surface area contributed by atoms with E-state index in [1.54, 1.807) is 13.0 Å². The maximum absolute atomic E-state index is 10.2. The monoisotopic (exact) mass is 127 g/mol. The fourth-order valence-electron chi connectivity index (χ4n) is 0.213. The van der Waals surface area contributed by atoms with Gasteiger partial charge in [-0.15, -0.1) is 0 Å². The highest BCUT2D eigenvalue weighted by atomic mass is 27.0. The molecular formula is C5H10AlNO. The number of nitrogens with zero attached hydrogens (tertiary/aromatic N) is 1. The smallest absolute Gasteiger partial charge is 0.187 e. The molecule has 0 fully saturated rings. The first kappa shape index (κ1) is 10.6. The summed E-state index contributed by atoms with van der Waals surface area (Å²) in [6.07, 6.45) is 0.546. The zero-order valence-corrected chi connectivity index (χ0v) is 4.27. The molecule has 0 heterocycles. The third-order valence-electron chi connectivity index (χ3n) is 0.671. The van der Waals surface area contributed by atoms with Crippen LogP contribution in [0.4, 0.5) is 0 Å². The molecular weight excluding hydrogens is 117 g/mol. The van der Waals surface area contributed by atoms with E-state index < -0.39 is 0 Å². The SMILES string of the molecule is CCC(=O)CC#N.[AlH3]. The Morgan fingerprint density at radius 2 is 2.25 bits per heavy atom. The zero-order chi connectivity index (χ0) is 5.70. The average molecular weight is 127 g/mol. The van der Waals surface area contributed by atoms with Crippen molar-refractivity contribution in [3.8, 4) is 6.07 Å². The molecule has 0 aromatic carbocycles. The Morgan fingerprint density at radius 1 is 1.75 bits per heavy atom. The van der Waals surface area contributed by atoms with Crippen molar-refractivity contribution in [1.82, 2.24) is 0 Å². The summed E-state index contributed by atoms with van der Waals surface area (Å²) in [6.45, 7) is 1.75. The van der Waals surface area contributed by atoms with Gasteiger partial charge in [0.15, 0.2) is 17.4 Å². The molecule has 0 aliphatic carbocycles. The summed E-state index contributed by atoms with van der Waals surface area (Å²) < 4.78 is 0. The lowest BCUT2D eigenvalue weighted by Gasteiger charge is -1.79. The van der Waals surface area contributed by atoms with Crippen LogP contribution in [0, 0.1) is 11.3 Å². The molecule has 0 saturated heterocycles. The predicted octanol–water partition coefficient (Wildman–Crippen LogP) is -0.305. The van der Waals surface area contributed by atoms with Gasteiger partial charge in [0, 0.05) is 6.42 Å². The summed E-state index contributed by atoms with van der Waals surface area (Å²) >= 11 is 0. The van der Waals surface area contributed by atoms with Crippen molar-refractivity contribution < 1.29 is 4.79 Å². The Labute approximate surface area is 59.6 Å². The van der Waals surface area contributed by atoms with Crippen molar-refractivity contribution in [3.05, 3.63) is 0 Å². The molecule has 0 bridgehead atoms. The maximum atomic E-state index is 10.2. The number of hydrogen-bond acceptors (Lipinski definition) is 2. The van der Waals surface area contributed by atoms with Gasteiger partial charge in [-0.2, -0.15) is 5.26 Å². The molecule has 0 rings (SSSR count). The van der Waals surface area contributed by atoms with E-state index >= 15 is 0 Å². The number of carbonyl (C=O) groups excluding carboxylic acids is 1. The molecule has 0 atom stereocenters. The lowest BCUT2D eigenvalue weighted by Crippen LogP contribution is -1.89. The molecule has 0 aliphatic heterocycles. The first-order valence-corrected chi connectivity index (χ1v) is 2.20. The number of nitriles is 1. The van der Waals surface area contributed by atoms with Crippen molar-refractivity contribution in [2.45, 2.75) is 19.8 Å². The van der Waals surface area contributed by atoms with Crippen LogP contribution in [0.2, 0.25) is 0 Å². The molecule has 0 aromatic heterocycles. The van der Waals surface area contributed by atoms with Crippen LogP contribution in [0.15, 0.2) is 0 Å². The summed E-state index contributed by atoms with van der Waals surface area (Å²) in [5.74, 6) is 0.0162. The van der Waals surface area contributed by atoms with Gasteiger partial charge < -0.3 is 0 Å². The van der Waals surface area contributed by atoms with Gasteiger partial charge in [-0.3, -0.25) is 4.79 Å². The second-order valence-electron chi connectivity index (χ2n) is 1.23. The molecule has 0 saturated carbocycles. The highest BCUT2D eigenvalue weighted by Gasteiger charge is 1.91. The van der Waals surface area contributed by atoms with Gasteiger partial charge in [0.1, 0.15) is 5.78 Å². The Hall–Kier alpha value is -0.308. The van der Waals surface area contributed by atoms with E-state index in [9.17, 15) is 4.79 Å². The molecule has 8 heavy (non-hydrogen) atoms. The first-order chi connectivity index (χ1) is 3.31. The second-order valence-corrected chi connectivity index (χ2v) is 1.23. The quantitative estimate of drug-likeness (QED) is 0.477. The average Bonchev–Trinajstić information content (AvgIpc) is 1.68. The molecule has 0 spiro atoms. The van der Waals surface area contributed by atoms with Gasteiger partial charge in [0.2, 0.25) is 0 Å². The standard InChI is InChI=1S/C5H7NO.Al.3H/c1-2-5(7)3-4-6;;;;/h2-3H2,1H3;;;;. The Kier molecular flexibility index (Phi) is 8.89. The molecule has 0 unspecified atom stereocenters. The van der Waals surface area contributed by atoms with E-state index in [4.69, 9.17) is 5.26 Å².